The Hall–Kier alpha value is -2.19. The first kappa shape index (κ1) is 20.5. The Kier molecular flexibility index (Phi) is 6.85. The molecule has 0 atom stereocenters. The van der Waals surface area contributed by atoms with E-state index in [1.807, 2.05) is 0 Å². The molecule has 1 saturated heterocycles. The molecule has 7 nitrogen and oxygen atoms in total. The van der Waals surface area contributed by atoms with Gasteiger partial charge >= 0.3 is 5.97 Å². The topological polar surface area (TPSA) is 92.8 Å². The van der Waals surface area contributed by atoms with Crippen LogP contribution in [0.25, 0.3) is 6.08 Å². The van der Waals surface area contributed by atoms with Crippen molar-refractivity contribution in [3.05, 3.63) is 35.9 Å². The first-order valence-corrected chi connectivity index (χ1v) is 11.1. The van der Waals surface area contributed by atoms with E-state index in [1.54, 1.807) is 28.6 Å². The third-order valence-electron chi connectivity index (χ3n) is 4.78. The predicted molar refractivity (Wildman–Crippen MR) is 105 cm³/mol. The molecular weight excluding hydrogens is 380 g/mol. The molecule has 0 aromatic heterocycles. The molecule has 8 heteroatoms. The van der Waals surface area contributed by atoms with E-state index in [4.69, 9.17) is 4.74 Å². The highest BCUT2D eigenvalue weighted by molar-refractivity contribution is 7.89. The number of carbonyl (C=O) groups excluding carboxylic acids is 2. The van der Waals surface area contributed by atoms with E-state index in [9.17, 15) is 18.0 Å². The molecule has 28 heavy (non-hydrogen) atoms. The van der Waals surface area contributed by atoms with Gasteiger partial charge in [-0.15, -0.1) is 0 Å². The Morgan fingerprint density at radius 1 is 1.07 bits per heavy atom. The zero-order valence-corrected chi connectivity index (χ0v) is 16.6. The molecule has 152 valence electrons. The van der Waals surface area contributed by atoms with Crippen LogP contribution in [0, 0.1) is 0 Å². The lowest BCUT2D eigenvalue weighted by Gasteiger charge is -2.19. The second kappa shape index (κ2) is 9.34. The monoisotopic (exact) mass is 406 g/mol. The van der Waals surface area contributed by atoms with Crippen molar-refractivity contribution in [3.63, 3.8) is 0 Å². The number of ether oxygens (including phenoxy) is 1. The van der Waals surface area contributed by atoms with Gasteiger partial charge in [-0.2, -0.15) is 4.31 Å². The Balaban J connectivity index is 1.53. The Morgan fingerprint density at radius 3 is 2.32 bits per heavy atom. The first-order chi connectivity index (χ1) is 13.4. The van der Waals surface area contributed by atoms with Crippen LogP contribution in [0.15, 0.2) is 35.2 Å². The van der Waals surface area contributed by atoms with E-state index in [-0.39, 0.29) is 23.5 Å². The molecule has 1 saturated carbocycles. The van der Waals surface area contributed by atoms with Crippen LogP contribution >= 0.6 is 0 Å². The van der Waals surface area contributed by atoms with Crippen LogP contribution in [0.2, 0.25) is 0 Å². The lowest BCUT2D eigenvalue weighted by atomic mass is 10.2. The molecule has 2 fully saturated rings. The van der Waals surface area contributed by atoms with E-state index in [2.05, 4.69) is 5.32 Å². The summed E-state index contributed by atoms with van der Waals surface area (Å²) in [5.41, 5.74) is 0.675. The molecule has 1 aromatic rings. The van der Waals surface area contributed by atoms with Crippen molar-refractivity contribution in [2.24, 2.45) is 0 Å². The lowest BCUT2D eigenvalue weighted by molar-refractivity contribution is -0.143. The van der Waals surface area contributed by atoms with E-state index >= 15 is 0 Å². The fourth-order valence-electron chi connectivity index (χ4n) is 3.03. The van der Waals surface area contributed by atoms with Gasteiger partial charge < -0.3 is 10.1 Å². The number of hydrogen-bond donors (Lipinski definition) is 1. The number of amides is 1. The minimum absolute atomic E-state index is 0.228. The number of hydrogen-bond acceptors (Lipinski definition) is 5. The van der Waals surface area contributed by atoms with Gasteiger partial charge in [0.15, 0.2) is 6.61 Å². The fourth-order valence-corrected chi connectivity index (χ4v) is 4.55. The van der Waals surface area contributed by atoms with Gasteiger partial charge in [-0.3, -0.25) is 4.79 Å². The van der Waals surface area contributed by atoms with Crippen LogP contribution < -0.4 is 5.32 Å². The van der Waals surface area contributed by atoms with Gasteiger partial charge in [0, 0.05) is 25.2 Å². The highest BCUT2D eigenvalue weighted by Crippen LogP contribution is 2.21. The van der Waals surface area contributed by atoms with E-state index < -0.39 is 16.0 Å². The number of benzene rings is 1. The summed E-state index contributed by atoms with van der Waals surface area (Å²) in [6.07, 6.45) is 8.61. The van der Waals surface area contributed by atoms with Crippen molar-refractivity contribution in [2.75, 3.05) is 19.7 Å². The molecule has 1 aromatic carbocycles. The number of esters is 1. The average Bonchev–Trinajstić information content (AvgIpc) is 3.52. The molecule has 1 heterocycles. The zero-order valence-electron chi connectivity index (χ0n) is 15.8. The maximum absolute atomic E-state index is 12.7. The van der Waals surface area contributed by atoms with Crippen LogP contribution in [0.1, 0.15) is 44.1 Å². The van der Waals surface area contributed by atoms with Crippen molar-refractivity contribution in [1.29, 1.82) is 0 Å². The van der Waals surface area contributed by atoms with Gasteiger partial charge in [-0.25, -0.2) is 13.2 Å². The van der Waals surface area contributed by atoms with Crippen LogP contribution in [-0.2, 0) is 24.3 Å². The molecular formula is C20H26N2O5S. The predicted octanol–water partition coefficient (Wildman–Crippen LogP) is 2.09. The van der Waals surface area contributed by atoms with Crippen LogP contribution in [0.3, 0.4) is 0 Å². The molecule has 1 N–H and O–H groups in total. The Morgan fingerprint density at radius 2 is 1.71 bits per heavy atom. The number of sulfonamides is 1. The molecule has 2 aliphatic rings. The quantitative estimate of drug-likeness (QED) is 0.553. The van der Waals surface area contributed by atoms with Crippen molar-refractivity contribution >= 4 is 28.0 Å². The van der Waals surface area contributed by atoms with Crippen molar-refractivity contribution in [2.45, 2.75) is 49.5 Å². The minimum Gasteiger partial charge on any atom is -0.452 e. The molecule has 1 amide bonds. The van der Waals surface area contributed by atoms with Gasteiger partial charge in [0.1, 0.15) is 0 Å². The van der Waals surface area contributed by atoms with Gasteiger partial charge in [-0.1, -0.05) is 25.0 Å². The summed E-state index contributed by atoms with van der Waals surface area (Å²) in [6, 6.07) is 6.62. The summed E-state index contributed by atoms with van der Waals surface area (Å²) >= 11 is 0. The van der Waals surface area contributed by atoms with Gasteiger partial charge in [0.2, 0.25) is 10.0 Å². The second-order valence-corrected chi connectivity index (χ2v) is 9.11. The largest absolute Gasteiger partial charge is 0.452 e. The van der Waals surface area contributed by atoms with Crippen LogP contribution in [0.4, 0.5) is 0 Å². The van der Waals surface area contributed by atoms with E-state index in [0.717, 1.165) is 38.5 Å². The molecule has 0 radical (unpaired) electrons. The fraction of sp³-hybridized carbons (Fsp3) is 0.500. The maximum Gasteiger partial charge on any atom is 0.331 e. The molecule has 0 spiro atoms. The molecule has 1 aliphatic heterocycles. The van der Waals surface area contributed by atoms with Crippen molar-refractivity contribution < 1.29 is 22.7 Å². The van der Waals surface area contributed by atoms with Gasteiger partial charge in [-0.05, 0) is 49.5 Å². The standard InChI is InChI=1S/C20H26N2O5S/c23-19(21-17-8-9-17)15-27-20(24)12-7-16-5-10-18(11-6-16)28(25,26)22-13-3-1-2-4-14-22/h5-7,10-12,17H,1-4,8-9,13-15H2,(H,21,23). The number of nitrogens with one attached hydrogen (secondary N) is 1. The third kappa shape index (κ3) is 5.90. The molecule has 0 unspecified atom stereocenters. The summed E-state index contributed by atoms with van der Waals surface area (Å²) < 4.78 is 31.9. The Bertz CT molecular complexity index is 821. The summed E-state index contributed by atoms with van der Waals surface area (Å²) in [7, 11) is -3.48. The third-order valence-corrected chi connectivity index (χ3v) is 6.70. The maximum atomic E-state index is 12.7. The SMILES string of the molecule is O=C(COC(=O)C=Cc1ccc(S(=O)(=O)N2CCCCCC2)cc1)NC1CC1. The molecule has 3 rings (SSSR count). The zero-order chi connectivity index (χ0) is 20.0. The van der Waals surface area contributed by atoms with Gasteiger partial charge in [0.05, 0.1) is 4.90 Å². The summed E-state index contributed by atoms with van der Waals surface area (Å²) in [4.78, 5) is 23.4. The van der Waals surface area contributed by atoms with Crippen LogP contribution in [-0.4, -0.2) is 50.3 Å². The number of rotatable bonds is 7. The van der Waals surface area contributed by atoms with E-state index in [1.165, 1.54) is 12.2 Å². The van der Waals surface area contributed by atoms with Crippen molar-refractivity contribution in [1.82, 2.24) is 9.62 Å². The normalized spacial score (nSPS) is 18.6. The second-order valence-electron chi connectivity index (χ2n) is 7.17. The lowest BCUT2D eigenvalue weighted by Crippen LogP contribution is -2.31. The van der Waals surface area contributed by atoms with Gasteiger partial charge in [0.25, 0.3) is 5.91 Å². The number of nitrogens with zero attached hydrogens (tertiary/aromatic N) is 1. The smallest absolute Gasteiger partial charge is 0.331 e. The Labute approximate surface area is 165 Å². The van der Waals surface area contributed by atoms with Crippen LogP contribution in [0.5, 0.6) is 0 Å². The van der Waals surface area contributed by atoms with Crippen molar-refractivity contribution in [3.8, 4) is 0 Å². The number of carbonyl (C=O) groups is 2. The molecule has 0 bridgehead atoms. The minimum atomic E-state index is -3.48. The van der Waals surface area contributed by atoms with E-state index in [0.29, 0.717) is 18.7 Å². The summed E-state index contributed by atoms with van der Waals surface area (Å²) in [5, 5.41) is 2.73. The highest BCUT2D eigenvalue weighted by Gasteiger charge is 2.25. The summed E-state index contributed by atoms with van der Waals surface area (Å²) in [5.74, 6) is -0.917. The summed E-state index contributed by atoms with van der Waals surface area (Å²) in [6.45, 7) is 0.820. The average molecular weight is 407 g/mol. The highest BCUT2D eigenvalue weighted by atomic mass is 32.2. The molecule has 1 aliphatic carbocycles. The first-order valence-electron chi connectivity index (χ1n) is 9.69.